The second kappa shape index (κ2) is 8.77. The predicted octanol–water partition coefficient (Wildman–Crippen LogP) is 3.10. The minimum absolute atomic E-state index is 0.222. The van der Waals surface area contributed by atoms with Gasteiger partial charge in [0.15, 0.2) is 0 Å². The number of benzene rings is 1. The van der Waals surface area contributed by atoms with Crippen molar-refractivity contribution in [1.82, 2.24) is 10.3 Å². The quantitative estimate of drug-likeness (QED) is 0.573. The first kappa shape index (κ1) is 16.7. The van der Waals surface area contributed by atoms with E-state index in [1.54, 1.807) is 6.07 Å². The van der Waals surface area contributed by atoms with E-state index in [1.165, 1.54) is 0 Å². The second-order valence-electron chi connectivity index (χ2n) is 4.62. The lowest BCUT2D eigenvalue weighted by atomic mass is 10.0. The molecule has 0 radical (unpaired) electrons. The highest BCUT2D eigenvalue weighted by molar-refractivity contribution is 6.35. The number of nitrogens with zero attached hydrogens (tertiary/aromatic N) is 1. The monoisotopic (exact) mass is 303 g/mol. The van der Waals surface area contributed by atoms with Gasteiger partial charge in [-0.2, -0.15) is 0 Å². The fourth-order valence-electron chi connectivity index (χ4n) is 2.08. The zero-order valence-corrected chi connectivity index (χ0v) is 13.1. The zero-order chi connectivity index (χ0) is 14.3. The van der Waals surface area contributed by atoms with Gasteiger partial charge in [0.1, 0.15) is 0 Å². The molecular formula is C14H23Cl2N3. The maximum absolute atomic E-state index is 6.18. The molecule has 0 fully saturated rings. The molecule has 0 amide bonds. The summed E-state index contributed by atoms with van der Waals surface area (Å²) in [6, 6.07) is 5.82. The van der Waals surface area contributed by atoms with Crippen molar-refractivity contribution >= 4 is 23.2 Å². The smallest absolute Gasteiger partial charge is 0.0453 e. The van der Waals surface area contributed by atoms with Gasteiger partial charge in [-0.15, -0.1) is 0 Å². The van der Waals surface area contributed by atoms with Crippen LogP contribution >= 0.6 is 23.2 Å². The fraction of sp³-hybridized carbons (Fsp3) is 0.571. The van der Waals surface area contributed by atoms with Gasteiger partial charge in [0.2, 0.25) is 0 Å². The van der Waals surface area contributed by atoms with Crippen LogP contribution < -0.4 is 11.3 Å². The number of halogens is 2. The van der Waals surface area contributed by atoms with Gasteiger partial charge in [0.05, 0.1) is 0 Å². The molecule has 1 rings (SSSR count). The molecule has 3 N–H and O–H groups in total. The van der Waals surface area contributed by atoms with Crippen LogP contribution in [0.15, 0.2) is 18.2 Å². The number of nitrogens with one attached hydrogen (secondary N) is 1. The van der Waals surface area contributed by atoms with Gasteiger partial charge in [-0.05, 0) is 50.2 Å². The largest absolute Gasteiger partial charge is 0.304 e. The van der Waals surface area contributed by atoms with Gasteiger partial charge in [-0.25, -0.2) is 0 Å². The molecule has 0 aliphatic rings. The van der Waals surface area contributed by atoms with Gasteiger partial charge in [0, 0.05) is 16.1 Å². The van der Waals surface area contributed by atoms with Crippen LogP contribution in [0.1, 0.15) is 25.8 Å². The Morgan fingerprint density at radius 2 is 1.95 bits per heavy atom. The van der Waals surface area contributed by atoms with E-state index in [1.807, 2.05) is 12.1 Å². The van der Waals surface area contributed by atoms with E-state index in [9.17, 15) is 0 Å². The van der Waals surface area contributed by atoms with Crippen molar-refractivity contribution in [2.75, 3.05) is 19.6 Å². The standard InChI is InChI=1S/C14H23Cl2N3/c1-3-19(4-2)8-7-13(18-17)9-11-5-6-12(15)10-14(11)16/h5-6,10,13,18H,3-4,7-9,17H2,1-2H3. The summed E-state index contributed by atoms with van der Waals surface area (Å²) in [5.41, 5.74) is 3.96. The molecule has 3 nitrogen and oxygen atoms in total. The van der Waals surface area contributed by atoms with E-state index in [0.29, 0.717) is 10.0 Å². The molecule has 1 unspecified atom stereocenters. The minimum atomic E-state index is 0.222. The predicted molar refractivity (Wildman–Crippen MR) is 83.7 cm³/mol. The van der Waals surface area contributed by atoms with Crippen LogP contribution in [-0.4, -0.2) is 30.6 Å². The molecule has 0 heterocycles. The van der Waals surface area contributed by atoms with Gasteiger partial charge < -0.3 is 4.90 Å². The Morgan fingerprint density at radius 3 is 2.47 bits per heavy atom. The lowest BCUT2D eigenvalue weighted by molar-refractivity contribution is 0.281. The van der Waals surface area contributed by atoms with Crippen LogP contribution in [0.5, 0.6) is 0 Å². The molecule has 1 aromatic carbocycles. The van der Waals surface area contributed by atoms with E-state index in [0.717, 1.165) is 38.0 Å². The Hall–Kier alpha value is -0.320. The maximum Gasteiger partial charge on any atom is 0.0453 e. The van der Waals surface area contributed by atoms with Crippen molar-refractivity contribution in [3.8, 4) is 0 Å². The Kier molecular flexibility index (Phi) is 7.73. The van der Waals surface area contributed by atoms with Crippen molar-refractivity contribution < 1.29 is 0 Å². The SMILES string of the molecule is CCN(CC)CCC(Cc1ccc(Cl)cc1Cl)NN. The normalized spacial score (nSPS) is 12.9. The summed E-state index contributed by atoms with van der Waals surface area (Å²) in [5, 5.41) is 1.37. The van der Waals surface area contributed by atoms with Gasteiger partial charge in [0.25, 0.3) is 0 Å². The summed E-state index contributed by atoms with van der Waals surface area (Å²) in [7, 11) is 0. The fourth-order valence-corrected chi connectivity index (χ4v) is 2.56. The lowest BCUT2D eigenvalue weighted by Gasteiger charge is -2.22. The highest BCUT2D eigenvalue weighted by Crippen LogP contribution is 2.22. The van der Waals surface area contributed by atoms with Crippen LogP contribution in [0.4, 0.5) is 0 Å². The molecule has 1 aromatic rings. The van der Waals surface area contributed by atoms with E-state index in [2.05, 4.69) is 24.2 Å². The average molecular weight is 304 g/mol. The minimum Gasteiger partial charge on any atom is -0.304 e. The summed E-state index contributed by atoms with van der Waals surface area (Å²) >= 11 is 12.1. The molecule has 1 atom stereocenters. The number of hydrogen-bond donors (Lipinski definition) is 2. The molecule has 0 aromatic heterocycles. The maximum atomic E-state index is 6.18. The first-order chi connectivity index (χ1) is 9.10. The molecule has 19 heavy (non-hydrogen) atoms. The summed E-state index contributed by atoms with van der Waals surface area (Å²) in [5.74, 6) is 5.63. The molecule has 0 saturated heterocycles. The topological polar surface area (TPSA) is 41.3 Å². The van der Waals surface area contributed by atoms with Crippen molar-refractivity contribution in [2.45, 2.75) is 32.7 Å². The van der Waals surface area contributed by atoms with Crippen LogP contribution in [-0.2, 0) is 6.42 Å². The Labute approximate surface area is 126 Å². The summed E-state index contributed by atoms with van der Waals surface area (Å²) in [6.45, 7) is 7.51. The van der Waals surface area contributed by atoms with Gasteiger partial charge >= 0.3 is 0 Å². The van der Waals surface area contributed by atoms with Crippen molar-refractivity contribution in [2.24, 2.45) is 5.84 Å². The molecule has 0 bridgehead atoms. The highest BCUT2D eigenvalue weighted by atomic mass is 35.5. The second-order valence-corrected chi connectivity index (χ2v) is 5.46. The van der Waals surface area contributed by atoms with Crippen LogP contribution in [0.25, 0.3) is 0 Å². The molecular weight excluding hydrogens is 281 g/mol. The van der Waals surface area contributed by atoms with Gasteiger partial charge in [-0.1, -0.05) is 43.1 Å². The molecule has 5 heteroatoms. The summed E-state index contributed by atoms with van der Waals surface area (Å²) in [4.78, 5) is 2.38. The summed E-state index contributed by atoms with van der Waals surface area (Å²) in [6.07, 6.45) is 1.81. The van der Waals surface area contributed by atoms with E-state index in [4.69, 9.17) is 29.0 Å². The van der Waals surface area contributed by atoms with E-state index in [-0.39, 0.29) is 6.04 Å². The van der Waals surface area contributed by atoms with E-state index < -0.39 is 0 Å². The highest BCUT2D eigenvalue weighted by Gasteiger charge is 2.12. The lowest BCUT2D eigenvalue weighted by Crippen LogP contribution is -2.39. The van der Waals surface area contributed by atoms with Crippen LogP contribution in [0.3, 0.4) is 0 Å². The number of rotatable bonds is 8. The first-order valence-electron chi connectivity index (χ1n) is 6.73. The van der Waals surface area contributed by atoms with Crippen molar-refractivity contribution in [3.63, 3.8) is 0 Å². The first-order valence-corrected chi connectivity index (χ1v) is 7.48. The van der Waals surface area contributed by atoms with Crippen LogP contribution in [0, 0.1) is 0 Å². The molecule has 0 saturated carbocycles. The molecule has 0 spiro atoms. The third kappa shape index (κ3) is 5.67. The zero-order valence-electron chi connectivity index (χ0n) is 11.6. The number of hydrogen-bond acceptors (Lipinski definition) is 3. The number of nitrogens with two attached hydrogens (primary N) is 1. The van der Waals surface area contributed by atoms with Crippen molar-refractivity contribution in [1.29, 1.82) is 0 Å². The third-order valence-electron chi connectivity index (χ3n) is 3.41. The average Bonchev–Trinajstić information content (AvgIpc) is 2.41. The molecule has 0 aliphatic carbocycles. The Bertz CT molecular complexity index is 381. The molecule has 108 valence electrons. The van der Waals surface area contributed by atoms with Gasteiger partial charge in [-0.3, -0.25) is 11.3 Å². The van der Waals surface area contributed by atoms with Crippen molar-refractivity contribution in [3.05, 3.63) is 33.8 Å². The Balaban J connectivity index is 2.56. The van der Waals surface area contributed by atoms with E-state index >= 15 is 0 Å². The third-order valence-corrected chi connectivity index (χ3v) is 3.99. The summed E-state index contributed by atoms with van der Waals surface area (Å²) < 4.78 is 0. The molecule has 0 aliphatic heterocycles. The van der Waals surface area contributed by atoms with Crippen LogP contribution in [0.2, 0.25) is 10.0 Å². The number of hydrazine groups is 1. The Morgan fingerprint density at radius 1 is 1.26 bits per heavy atom.